The molecular formula is C9H15ClN4. The zero-order valence-electron chi connectivity index (χ0n) is 8.85. The zero-order chi connectivity index (χ0) is 10.9. The van der Waals surface area contributed by atoms with Crippen LogP contribution >= 0.6 is 11.6 Å². The fourth-order valence-electron chi connectivity index (χ4n) is 0.965. The van der Waals surface area contributed by atoms with Crippen LogP contribution in [-0.4, -0.2) is 9.97 Å². The highest BCUT2D eigenvalue weighted by molar-refractivity contribution is 6.30. The topological polar surface area (TPSA) is 63.8 Å². The van der Waals surface area contributed by atoms with Gasteiger partial charge in [-0.25, -0.2) is 15.8 Å². The van der Waals surface area contributed by atoms with Crippen LogP contribution < -0.4 is 11.3 Å². The Kier molecular flexibility index (Phi) is 2.97. The molecule has 0 aliphatic carbocycles. The van der Waals surface area contributed by atoms with Crippen LogP contribution in [0.1, 0.15) is 32.2 Å². The van der Waals surface area contributed by atoms with Gasteiger partial charge in [0.05, 0.1) is 0 Å². The summed E-state index contributed by atoms with van der Waals surface area (Å²) in [6.45, 7) is 7.89. The molecule has 0 atom stereocenters. The van der Waals surface area contributed by atoms with Crippen molar-refractivity contribution in [2.24, 2.45) is 5.84 Å². The van der Waals surface area contributed by atoms with Crippen LogP contribution in [0.3, 0.4) is 0 Å². The summed E-state index contributed by atoms with van der Waals surface area (Å²) < 4.78 is 0. The molecule has 0 aromatic carbocycles. The van der Waals surface area contributed by atoms with E-state index in [1.807, 2.05) is 27.7 Å². The summed E-state index contributed by atoms with van der Waals surface area (Å²) in [6, 6.07) is 0. The average molecular weight is 215 g/mol. The van der Waals surface area contributed by atoms with E-state index in [0.717, 1.165) is 5.56 Å². The fourth-order valence-corrected chi connectivity index (χ4v) is 1.13. The van der Waals surface area contributed by atoms with Gasteiger partial charge in [0.25, 0.3) is 0 Å². The van der Waals surface area contributed by atoms with Crippen LogP contribution in [0, 0.1) is 6.92 Å². The molecule has 0 spiro atoms. The Morgan fingerprint density at radius 2 is 1.86 bits per heavy atom. The van der Waals surface area contributed by atoms with Gasteiger partial charge in [-0.2, -0.15) is 0 Å². The summed E-state index contributed by atoms with van der Waals surface area (Å²) in [5, 5.41) is 0.442. The lowest BCUT2D eigenvalue weighted by Crippen LogP contribution is -2.19. The Balaban J connectivity index is 3.30. The standard InChI is InChI=1S/C9H15ClN4/c1-5-6(10)12-8(9(2,3)4)13-7(5)14-11/h11H2,1-4H3,(H,12,13,14). The Hall–Kier alpha value is -0.870. The third-order valence-electron chi connectivity index (χ3n) is 1.89. The van der Waals surface area contributed by atoms with Crippen LogP contribution in [0.15, 0.2) is 0 Å². The van der Waals surface area contributed by atoms with Crippen LogP contribution in [0.2, 0.25) is 5.15 Å². The number of nitrogens with two attached hydrogens (primary N) is 1. The van der Waals surface area contributed by atoms with Gasteiger partial charge in [0.15, 0.2) is 0 Å². The maximum absolute atomic E-state index is 5.96. The molecule has 14 heavy (non-hydrogen) atoms. The van der Waals surface area contributed by atoms with E-state index >= 15 is 0 Å². The normalized spacial score (nSPS) is 11.6. The van der Waals surface area contributed by atoms with E-state index in [1.165, 1.54) is 0 Å². The number of hydrazine groups is 1. The number of hydrogen-bond donors (Lipinski definition) is 2. The highest BCUT2D eigenvalue weighted by Crippen LogP contribution is 2.25. The molecule has 0 saturated carbocycles. The average Bonchev–Trinajstić information content (AvgIpc) is 2.07. The maximum Gasteiger partial charge on any atom is 0.148 e. The third-order valence-corrected chi connectivity index (χ3v) is 2.26. The first-order valence-electron chi connectivity index (χ1n) is 4.37. The van der Waals surface area contributed by atoms with Crippen molar-refractivity contribution in [3.63, 3.8) is 0 Å². The molecule has 3 N–H and O–H groups in total. The van der Waals surface area contributed by atoms with Crippen molar-refractivity contribution in [3.8, 4) is 0 Å². The van der Waals surface area contributed by atoms with Crippen molar-refractivity contribution in [3.05, 3.63) is 16.5 Å². The number of aromatic nitrogens is 2. The number of anilines is 1. The van der Waals surface area contributed by atoms with Crippen molar-refractivity contribution >= 4 is 17.4 Å². The lowest BCUT2D eigenvalue weighted by molar-refractivity contribution is 0.545. The first kappa shape index (κ1) is 11.2. The molecule has 0 fully saturated rings. The third kappa shape index (κ3) is 2.13. The molecule has 0 radical (unpaired) electrons. The summed E-state index contributed by atoms with van der Waals surface area (Å²) in [6.07, 6.45) is 0. The molecule has 0 aliphatic rings. The second-order valence-electron chi connectivity index (χ2n) is 4.21. The Morgan fingerprint density at radius 3 is 2.29 bits per heavy atom. The second-order valence-corrected chi connectivity index (χ2v) is 4.56. The molecule has 1 aromatic heterocycles. The largest absolute Gasteiger partial charge is 0.308 e. The van der Waals surface area contributed by atoms with Gasteiger partial charge in [0, 0.05) is 11.0 Å². The van der Waals surface area contributed by atoms with E-state index in [2.05, 4.69) is 15.4 Å². The van der Waals surface area contributed by atoms with E-state index in [1.54, 1.807) is 0 Å². The second kappa shape index (κ2) is 3.71. The molecule has 4 nitrogen and oxygen atoms in total. The number of nitrogens with zero attached hydrogens (tertiary/aromatic N) is 2. The van der Waals surface area contributed by atoms with Gasteiger partial charge in [0.2, 0.25) is 0 Å². The SMILES string of the molecule is Cc1c(Cl)nc(C(C)(C)C)nc1NN. The Labute approximate surface area is 88.9 Å². The number of hydrogen-bond acceptors (Lipinski definition) is 4. The van der Waals surface area contributed by atoms with Crippen molar-refractivity contribution in [1.29, 1.82) is 0 Å². The molecule has 78 valence electrons. The van der Waals surface area contributed by atoms with Crippen LogP contribution in [0.25, 0.3) is 0 Å². The Morgan fingerprint density at radius 1 is 1.29 bits per heavy atom. The van der Waals surface area contributed by atoms with Gasteiger partial charge in [-0.05, 0) is 6.92 Å². The minimum atomic E-state index is -0.136. The Bertz CT molecular complexity index is 343. The van der Waals surface area contributed by atoms with Crippen molar-refractivity contribution < 1.29 is 0 Å². The van der Waals surface area contributed by atoms with Crippen molar-refractivity contribution in [2.45, 2.75) is 33.1 Å². The van der Waals surface area contributed by atoms with Gasteiger partial charge < -0.3 is 5.43 Å². The molecule has 1 aromatic rings. The highest BCUT2D eigenvalue weighted by atomic mass is 35.5. The van der Waals surface area contributed by atoms with Crippen LogP contribution in [-0.2, 0) is 5.41 Å². The van der Waals surface area contributed by atoms with E-state index in [-0.39, 0.29) is 5.41 Å². The van der Waals surface area contributed by atoms with Gasteiger partial charge in [-0.3, -0.25) is 0 Å². The highest BCUT2D eigenvalue weighted by Gasteiger charge is 2.20. The molecular weight excluding hydrogens is 200 g/mol. The minimum absolute atomic E-state index is 0.136. The van der Waals surface area contributed by atoms with Crippen LogP contribution in [0.5, 0.6) is 0 Å². The summed E-state index contributed by atoms with van der Waals surface area (Å²) in [5.41, 5.74) is 3.14. The van der Waals surface area contributed by atoms with Crippen molar-refractivity contribution in [1.82, 2.24) is 9.97 Å². The quantitative estimate of drug-likeness (QED) is 0.427. The number of halogens is 1. The van der Waals surface area contributed by atoms with Crippen LogP contribution in [0.4, 0.5) is 5.82 Å². The molecule has 1 rings (SSSR count). The lowest BCUT2D eigenvalue weighted by Gasteiger charge is -2.18. The monoisotopic (exact) mass is 214 g/mol. The first-order valence-corrected chi connectivity index (χ1v) is 4.75. The van der Waals surface area contributed by atoms with Gasteiger partial charge in [-0.1, -0.05) is 32.4 Å². The summed E-state index contributed by atoms with van der Waals surface area (Å²) in [5.74, 6) is 6.59. The molecule has 0 aliphatic heterocycles. The first-order chi connectivity index (χ1) is 6.36. The van der Waals surface area contributed by atoms with Gasteiger partial charge in [0.1, 0.15) is 16.8 Å². The van der Waals surface area contributed by atoms with E-state index in [0.29, 0.717) is 16.8 Å². The predicted molar refractivity (Wildman–Crippen MR) is 58.3 cm³/mol. The predicted octanol–water partition coefficient (Wildman–Crippen LogP) is 2.02. The number of nitrogens with one attached hydrogen (secondary N) is 1. The molecule has 1 heterocycles. The molecule has 0 unspecified atom stereocenters. The van der Waals surface area contributed by atoms with Crippen molar-refractivity contribution in [2.75, 3.05) is 5.43 Å². The minimum Gasteiger partial charge on any atom is -0.308 e. The molecule has 0 amide bonds. The van der Waals surface area contributed by atoms with Gasteiger partial charge in [-0.15, -0.1) is 0 Å². The van der Waals surface area contributed by atoms with E-state index < -0.39 is 0 Å². The smallest absolute Gasteiger partial charge is 0.148 e. The van der Waals surface area contributed by atoms with E-state index in [9.17, 15) is 0 Å². The number of nitrogen functional groups attached to an aromatic ring is 1. The summed E-state index contributed by atoms with van der Waals surface area (Å²) >= 11 is 5.96. The molecule has 0 bridgehead atoms. The summed E-state index contributed by atoms with van der Waals surface area (Å²) in [4.78, 5) is 8.50. The van der Waals surface area contributed by atoms with E-state index in [4.69, 9.17) is 17.4 Å². The zero-order valence-corrected chi connectivity index (χ0v) is 9.61. The molecule has 5 heteroatoms. The summed E-state index contributed by atoms with van der Waals surface area (Å²) in [7, 11) is 0. The maximum atomic E-state index is 5.96. The number of rotatable bonds is 1. The molecule has 0 saturated heterocycles. The van der Waals surface area contributed by atoms with Gasteiger partial charge >= 0.3 is 0 Å². The fraction of sp³-hybridized carbons (Fsp3) is 0.556. The lowest BCUT2D eigenvalue weighted by atomic mass is 9.95.